The van der Waals surface area contributed by atoms with Gasteiger partial charge in [0.2, 0.25) is 0 Å². The van der Waals surface area contributed by atoms with Crippen LogP contribution in [0.25, 0.3) is 0 Å². The van der Waals surface area contributed by atoms with Crippen LogP contribution in [-0.4, -0.2) is 30.6 Å². The Morgan fingerprint density at radius 2 is 1.82 bits per heavy atom. The Balaban J connectivity index is 1.57. The summed E-state index contributed by atoms with van der Waals surface area (Å²) in [5.41, 5.74) is 0. The Labute approximate surface area is 144 Å². The predicted molar refractivity (Wildman–Crippen MR) is 95.3 cm³/mol. The molecule has 1 saturated heterocycles. The van der Waals surface area contributed by atoms with Crippen molar-refractivity contribution in [2.45, 2.75) is 58.0 Å². The molecule has 1 fully saturated rings. The first kappa shape index (κ1) is 17.9. The van der Waals surface area contributed by atoms with Gasteiger partial charge < -0.3 is 9.64 Å². The molecule has 0 amide bonds. The molecule has 124 valence electrons. The average molecular weight is 344 g/mol. The quantitative estimate of drug-likeness (QED) is 0.552. The molecule has 1 aliphatic rings. The Bertz CT molecular complexity index is 447. The van der Waals surface area contributed by atoms with Crippen molar-refractivity contribution < 1.29 is 4.74 Å². The van der Waals surface area contributed by atoms with E-state index in [-0.39, 0.29) is 6.10 Å². The lowest BCUT2D eigenvalue weighted by molar-refractivity contribution is 0.201. The highest BCUT2D eigenvalue weighted by atomic mass is 35.5. The maximum Gasteiger partial charge on any atom is 0.121 e. The molecule has 1 atom stereocenters. The van der Waals surface area contributed by atoms with Gasteiger partial charge in [0, 0.05) is 6.07 Å². The fourth-order valence-electron chi connectivity index (χ4n) is 2.97. The monoisotopic (exact) mass is 343 g/mol. The topological polar surface area (TPSA) is 12.5 Å². The van der Waals surface area contributed by atoms with E-state index < -0.39 is 0 Å². The molecule has 0 bridgehead atoms. The number of rotatable bonds is 8. The second-order valence-electron chi connectivity index (χ2n) is 6.26. The van der Waals surface area contributed by atoms with Crippen LogP contribution in [0.3, 0.4) is 0 Å². The van der Waals surface area contributed by atoms with Gasteiger partial charge in [-0.1, -0.05) is 36.0 Å². The Morgan fingerprint density at radius 3 is 2.55 bits per heavy atom. The smallest absolute Gasteiger partial charge is 0.121 e. The van der Waals surface area contributed by atoms with Gasteiger partial charge in [0.05, 0.1) is 16.1 Å². The molecule has 2 nitrogen and oxygen atoms in total. The summed E-state index contributed by atoms with van der Waals surface area (Å²) in [6.07, 6.45) is 9.29. The van der Waals surface area contributed by atoms with Crippen molar-refractivity contribution in [3.63, 3.8) is 0 Å². The zero-order valence-electron chi connectivity index (χ0n) is 13.5. The van der Waals surface area contributed by atoms with Gasteiger partial charge in [-0.2, -0.15) is 0 Å². The summed E-state index contributed by atoms with van der Waals surface area (Å²) in [5.74, 6) is 0.801. The summed E-state index contributed by atoms with van der Waals surface area (Å²) >= 11 is 11.9. The van der Waals surface area contributed by atoms with Crippen LogP contribution in [0.4, 0.5) is 0 Å². The second-order valence-corrected chi connectivity index (χ2v) is 7.07. The van der Waals surface area contributed by atoms with Crippen LogP contribution in [0, 0.1) is 0 Å². The third-order valence-corrected chi connectivity index (χ3v) is 5.00. The van der Waals surface area contributed by atoms with Crippen LogP contribution in [0.2, 0.25) is 10.0 Å². The van der Waals surface area contributed by atoms with E-state index in [0.717, 1.165) is 12.2 Å². The lowest BCUT2D eigenvalue weighted by Gasteiger charge is -2.26. The number of likely N-dealkylation sites (tertiary alicyclic amines) is 1. The number of nitrogens with zero attached hydrogens (tertiary/aromatic N) is 1. The predicted octanol–water partition coefficient (Wildman–Crippen LogP) is 5.81. The summed E-state index contributed by atoms with van der Waals surface area (Å²) in [6.45, 7) is 5.99. The molecule has 4 heteroatoms. The highest BCUT2D eigenvalue weighted by Crippen LogP contribution is 2.27. The number of hydrogen-bond acceptors (Lipinski definition) is 2. The van der Waals surface area contributed by atoms with Crippen molar-refractivity contribution in [2.24, 2.45) is 0 Å². The van der Waals surface area contributed by atoms with E-state index in [1.54, 1.807) is 12.1 Å². The summed E-state index contributed by atoms with van der Waals surface area (Å²) in [5, 5.41) is 1.12. The molecular weight excluding hydrogens is 317 g/mol. The fraction of sp³-hybridized carbons (Fsp3) is 0.667. The molecule has 0 spiro atoms. The van der Waals surface area contributed by atoms with Crippen molar-refractivity contribution in [2.75, 3.05) is 19.6 Å². The fourth-order valence-corrected chi connectivity index (χ4v) is 3.26. The molecule has 0 aromatic heterocycles. The number of piperidine rings is 1. The van der Waals surface area contributed by atoms with Crippen LogP contribution in [0.15, 0.2) is 18.2 Å². The van der Waals surface area contributed by atoms with Gasteiger partial charge in [0.25, 0.3) is 0 Å². The minimum absolute atomic E-state index is 0.215. The molecule has 1 aromatic rings. The summed E-state index contributed by atoms with van der Waals surface area (Å²) in [7, 11) is 0. The third kappa shape index (κ3) is 6.36. The Kier molecular flexibility index (Phi) is 7.85. The van der Waals surface area contributed by atoms with Crippen LogP contribution in [0.1, 0.15) is 51.9 Å². The van der Waals surface area contributed by atoms with Crippen LogP contribution >= 0.6 is 23.2 Å². The lowest BCUT2D eigenvalue weighted by Crippen LogP contribution is -2.30. The van der Waals surface area contributed by atoms with E-state index in [0.29, 0.717) is 10.0 Å². The van der Waals surface area contributed by atoms with Crippen molar-refractivity contribution in [1.82, 2.24) is 4.90 Å². The van der Waals surface area contributed by atoms with E-state index in [1.165, 1.54) is 58.2 Å². The zero-order chi connectivity index (χ0) is 15.8. The molecule has 0 aliphatic carbocycles. The molecule has 1 aliphatic heterocycles. The van der Waals surface area contributed by atoms with Crippen molar-refractivity contribution in [3.05, 3.63) is 28.2 Å². The number of unbranched alkanes of at least 4 members (excludes halogenated alkanes) is 2. The number of benzene rings is 1. The second kappa shape index (κ2) is 9.64. The van der Waals surface area contributed by atoms with Gasteiger partial charge in [-0.3, -0.25) is 0 Å². The van der Waals surface area contributed by atoms with Gasteiger partial charge in [-0.25, -0.2) is 0 Å². The van der Waals surface area contributed by atoms with E-state index in [2.05, 4.69) is 11.8 Å². The van der Waals surface area contributed by atoms with Gasteiger partial charge >= 0.3 is 0 Å². The van der Waals surface area contributed by atoms with Gasteiger partial charge in [0.15, 0.2) is 0 Å². The van der Waals surface area contributed by atoms with Crippen LogP contribution in [-0.2, 0) is 0 Å². The lowest BCUT2D eigenvalue weighted by atomic mass is 10.1. The largest absolute Gasteiger partial charge is 0.491 e. The minimum Gasteiger partial charge on any atom is -0.491 e. The first-order valence-corrected chi connectivity index (χ1v) is 9.25. The number of halogens is 2. The van der Waals surface area contributed by atoms with E-state index in [1.807, 2.05) is 6.07 Å². The molecule has 22 heavy (non-hydrogen) atoms. The molecule has 0 radical (unpaired) electrons. The molecule has 0 saturated carbocycles. The van der Waals surface area contributed by atoms with Gasteiger partial charge in [-0.05, 0) is 70.8 Å². The summed E-state index contributed by atoms with van der Waals surface area (Å²) < 4.78 is 5.89. The molecule has 0 N–H and O–H groups in total. The molecule has 1 heterocycles. The number of hydrogen-bond donors (Lipinski definition) is 0. The molecular formula is C18H27Cl2NO. The van der Waals surface area contributed by atoms with Crippen LogP contribution < -0.4 is 4.74 Å². The van der Waals surface area contributed by atoms with E-state index in [9.17, 15) is 0 Å². The Morgan fingerprint density at radius 1 is 1.05 bits per heavy atom. The molecule has 1 aromatic carbocycles. The minimum atomic E-state index is 0.215. The van der Waals surface area contributed by atoms with Crippen molar-refractivity contribution >= 4 is 23.2 Å². The highest BCUT2D eigenvalue weighted by molar-refractivity contribution is 6.42. The SMILES string of the molecule is CC(CCCCCN1CCCCC1)Oc1ccc(Cl)c(Cl)c1. The first-order chi connectivity index (χ1) is 10.6. The maximum absolute atomic E-state index is 6.00. The van der Waals surface area contributed by atoms with Gasteiger partial charge in [-0.15, -0.1) is 0 Å². The summed E-state index contributed by atoms with van der Waals surface area (Å²) in [6, 6.07) is 5.45. The zero-order valence-corrected chi connectivity index (χ0v) is 15.0. The first-order valence-electron chi connectivity index (χ1n) is 8.49. The maximum atomic E-state index is 6.00. The average Bonchev–Trinajstić information content (AvgIpc) is 2.52. The van der Waals surface area contributed by atoms with Gasteiger partial charge in [0.1, 0.15) is 5.75 Å². The van der Waals surface area contributed by atoms with E-state index in [4.69, 9.17) is 27.9 Å². The normalized spacial score (nSPS) is 17.4. The third-order valence-electron chi connectivity index (χ3n) is 4.26. The van der Waals surface area contributed by atoms with Crippen molar-refractivity contribution in [3.8, 4) is 5.75 Å². The standard InChI is InChI=1S/C18H27Cl2NO/c1-15(22-16-9-10-17(19)18(20)14-16)8-4-2-5-11-21-12-6-3-7-13-21/h9-10,14-15H,2-8,11-13H2,1H3. The number of ether oxygens (including phenoxy) is 1. The molecule has 1 unspecified atom stereocenters. The van der Waals surface area contributed by atoms with E-state index >= 15 is 0 Å². The summed E-state index contributed by atoms with van der Waals surface area (Å²) in [4.78, 5) is 2.61. The Hall–Kier alpha value is -0.440. The molecule has 2 rings (SSSR count). The highest BCUT2D eigenvalue weighted by Gasteiger charge is 2.09. The van der Waals surface area contributed by atoms with Crippen LogP contribution in [0.5, 0.6) is 5.75 Å². The van der Waals surface area contributed by atoms with Crippen molar-refractivity contribution in [1.29, 1.82) is 0 Å².